The first-order valence-corrected chi connectivity index (χ1v) is 16.7. The first-order chi connectivity index (χ1) is 21.4. The molecule has 0 atom stereocenters. The Morgan fingerprint density at radius 1 is 0.756 bits per heavy atom. The Bertz CT molecular complexity index is 1710. The van der Waals surface area contributed by atoms with Crippen LogP contribution in [-0.4, -0.2) is 39.4 Å². The van der Waals surface area contributed by atoms with Gasteiger partial charge < -0.3 is 14.4 Å². The van der Waals surface area contributed by atoms with Crippen molar-refractivity contribution in [3.05, 3.63) is 118 Å². The summed E-state index contributed by atoms with van der Waals surface area (Å²) in [7, 11) is -2.38. The molecular weight excluding hydrogens is 584 g/mol. The Balaban J connectivity index is 1.50. The van der Waals surface area contributed by atoms with Crippen molar-refractivity contribution in [2.45, 2.75) is 66.0 Å². The van der Waals surface area contributed by atoms with E-state index in [0.29, 0.717) is 36.7 Å². The van der Waals surface area contributed by atoms with E-state index in [-0.39, 0.29) is 23.8 Å². The van der Waals surface area contributed by atoms with E-state index >= 15 is 0 Å². The van der Waals surface area contributed by atoms with Crippen molar-refractivity contribution >= 4 is 21.6 Å². The van der Waals surface area contributed by atoms with E-state index in [1.807, 2.05) is 33.8 Å². The number of rotatable bonds is 13. The third kappa shape index (κ3) is 8.25. The Morgan fingerprint density at radius 2 is 1.38 bits per heavy atom. The Kier molecular flexibility index (Phi) is 10.9. The van der Waals surface area contributed by atoms with Crippen LogP contribution in [0.15, 0.2) is 83.8 Å². The summed E-state index contributed by atoms with van der Waals surface area (Å²) in [5, 5.41) is 0. The lowest BCUT2D eigenvalue weighted by atomic mass is 10.0. The molecule has 0 aliphatic carbocycles. The van der Waals surface area contributed by atoms with Crippen LogP contribution in [0.2, 0.25) is 0 Å². The van der Waals surface area contributed by atoms with Crippen molar-refractivity contribution in [1.82, 2.24) is 4.90 Å². The number of ether oxygens (including phenoxy) is 2. The fraction of sp³-hybridized carbons (Fsp3) is 0.324. The molecule has 0 aliphatic rings. The quantitative estimate of drug-likeness (QED) is 0.154. The molecule has 4 rings (SSSR count). The Morgan fingerprint density at radius 3 is 1.96 bits per heavy atom. The van der Waals surface area contributed by atoms with Crippen molar-refractivity contribution in [2.75, 3.05) is 24.5 Å². The summed E-state index contributed by atoms with van der Waals surface area (Å²) in [6, 6.07) is 24.5. The fourth-order valence-electron chi connectivity index (χ4n) is 5.49. The topological polar surface area (TPSA) is 76.2 Å². The molecule has 0 spiro atoms. The molecule has 7 nitrogen and oxygen atoms in total. The molecule has 8 heteroatoms. The summed E-state index contributed by atoms with van der Waals surface area (Å²) in [6.45, 7) is 13.1. The molecule has 0 aromatic heterocycles. The number of benzene rings is 4. The molecule has 0 heterocycles. The second-order valence-corrected chi connectivity index (χ2v) is 13.4. The second kappa shape index (κ2) is 14.7. The molecule has 45 heavy (non-hydrogen) atoms. The highest BCUT2D eigenvalue weighted by Crippen LogP contribution is 2.29. The maximum atomic E-state index is 14.0. The summed E-state index contributed by atoms with van der Waals surface area (Å²) in [5.41, 5.74) is 7.43. The van der Waals surface area contributed by atoms with Crippen LogP contribution >= 0.6 is 0 Å². The maximum Gasteiger partial charge on any atom is 0.264 e. The number of carbonyl (C=O) groups excluding carboxylic acids is 1. The van der Waals surface area contributed by atoms with Crippen molar-refractivity contribution in [2.24, 2.45) is 0 Å². The van der Waals surface area contributed by atoms with E-state index in [1.54, 1.807) is 55.3 Å². The van der Waals surface area contributed by atoms with Gasteiger partial charge in [-0.05, 0) is 99.7 Å². The third-order valence-corrected chi connectivity index (χ3v) is 9.91. The van der Waals surface area contributed by atoms with Gasteiger partial charge in [0.2, 0.25) is 5.91 Å². The number of anilines is 1. The molecule has 0 fully saturated rings. The first kappa shape index (κ1) is 33.6. The van der Waals surface area contributed by atoms with Gasteiger partial charge in [-0.15, -0.1) is 0 Å². The number of hydrogen-bond donors (Lipinski definition) is 0. The lowest BCUT2D eigenvalue weighted by Gasteiger charge is -2.27. The smallest absolute Gasteiger partial charge is 0.264 e. The predicted molar refractivity (Wildman–Crippen MR) is 181 cm³/mol. The number of nitrogens with zero attached hydrogens (tertiary/aromatic N) is 2. The van der Waals surface area contributed by atoms with Crippen LogP contribution in [0.25, 0.3) is 0 Å². The van der Waals surface area contributed by atoms with Gasteiger partial charge in [-0.1, -0.05) is 59.7 Å². The average molecular weight is 629 g/mol. The Hall–Kier alpha value is -4.30. The van der Waals surface area contributed by atoms with E-state index in [0.717, 1.165) is 33.6 Å². The monoisotopic (exact) mass is 628 g/mol. The molecule has 0 aliphatic heterocycles. The normalized spacial score (nSPS) is 11.3. The standard InChI is InChI=1S/C37H44N2O5S/c1-8-38(24-32-22-29(5)37(30(6)23-32)44-25-31-12-9-26(2)10-13-31)36(40)19-20-39(33-14-16-34(43-7)17-15-33)45(41,42)35-18-11-27(3)21-28(35)4/h9-18,21-23H,8,19-20,24-25H2,1-7H3. The predicted octanol–water partition coefficient (Wildman–Crippen LogP) is 7.45. The van der Waals surface area contributed by atoms with Crippen LogP contribution in [0.3, 0.4) is 0 Å². The molecule has 0 unspecified atom stereocenters. The zero-order chi connectivity index (χ0) is 32.7. The SMILES string of the molecule is CCN(Cc1cc(C)c(OCc2ccc(C)cc2)c(C)c1)C(=O)CCN(c1ccc(OC)cc1)S(=O)(=O)c1ccc(C)cc1C. The highest BCUT2D eigenvalue weighted by molar-refractivity contribution is 7.92. The van der Waals surface area contributed by atoms with E-state index in [1.165, 1.54) is 9.87 Å². The number of aryl methyl sites for hydroxylation is 5. The molecule has 0 radical (unpaired) electrons. The van der Waals surface area contributed by atoms with Gasteiger partial charge in [0, 0.05) is 26.1 Å². The third-order valence-electron chi connectivity index (χ3n) is 7.92. The van der Waals surface area contributed by atoms with Crippen molar-refractivity contribution < 1.29 is 22.7 Å². The van der Waals surface area contributed by atoms with Crippen molar-refractivity contribution in [3.63, 3.8) is 0 Å². The summed E-state index contributed by atoms with van der Waals surface area (Å²) in [4.78, 5) is 15.6. The minimum absolute atomic E-state index is 0.00115. The van der Waals surface area contributed by atoms with Gasteiger partial charge in [0.1, 0.15) is 18.1 Å². The van der Waals surface area contributed by atoms with Gasteiger partial charge in [0.25, 0.3) is 10.0 Å². The average Bonchev–Trinajstić information content (AvgIpc) is 3.00. The molecule has 238 valence electrons. The van der Waals surface area contributed by atoms with Crippen LogP contribution < -0.4 is 13.8 Å². The molecule has 0 saturated carbocycles. The van der Waals surface area contributed by atoms with E-state index < -0.39 is 10.0 Å². The van der Waals surface area contributed by atoms with Gasteiger partial charge in [0.05, 0.1) is 17.7 Å². The van der Waals surface area contributed by atoms with Crippen LogP contribution in [-0.2, 0) is 28.0 Å². The van der Waals surface area contributed by atoms with Gasteiger partial charge in [0.15, 0.2) is 0 Å². The largest absolute Gasteiger partial charge is 0.497 e. The van der Waals surface area contributed by atoms with Crippen LogP contribution in [0.4, 0.5) is 5.69 Å². The molecule has 0 saturated heterocycles. The first-order valence-electron chi connectivity index (χ1n) is 15.2. The highest BCUT2D eigenvalue weighted by atomic mass is 32.2. The number of amides is 1. The zero-order valence-corrected chi connectivity index (χ0v) is 28.2. The van der Waals surface area contributed by atoms with Gasteiger partial charge >= 0.3 is 0 Å². The Labute approximate surface area is 268 Å². The fourth-order valence-corrected chi connectivity index (χ4v) is 7.17. The van der Waals surface area contributed by atoms with E-state index in [9.17, 15) is 13.2 Å². The van der Waals surface area contributed by atoms with E-state index in [4.69, 9.17) is 9.47 Å². The minimum Gasteiger partial charge on any atom is -0.497 e. The summed E-state index contributed by atoms with van der Waals surface area (Å²) >= 11 is 0. The minimum atomic E-state index is -3.94. The van der Waals surface area contributed by atoms with Crippen LogP contribution in [0.1, 0.15) is 52.3 Å². The number of carbonyl (C=O) groups is 1. The van der Waals surface area contributed by atoms with Gasteiger partial charge in [-0.3, -0.25) is 9.10 Å². The summed E-state index contributed by atoms with van der Waals surface area (Å²) < 4.78 is 40.8. The molecule has 1 amide bonds. The number of sulfonamides is 1. The van der Waals surface area contributed by atoms with Gasteiger partial charge in [-0.25, -0.2) is 8.42 Å². The molecular formula is C37H44N2O5S. The molecule has 4 aromatic carbocycles. The number of hydrogen-bond acceptors (Lipinski definition) is 5. The highest BCUT2D eigenvalue weighted by Gasteiger charge is 2.28. The van der Waals surface area contributed by atoms with E-state index in [2.05, 4.69) is 43.3 Å². The van der Waals surface area contributed by atoms with Gasteiger partial charge in [-0.2, -0.15) is 0 Å². The zero-order valence-electron chi connectivity index (χ0n) is 27.4. The summed E-state index contributed by atoms with van der Waals surface area (Å²) in [6.07, 6.45) is 0.0275. The van der Waals surface area contributed by atoms with Crippen molar-refractivity contribution in [3.8, 4) is 11.5 Å². The lowest BCUT2D eigenvalue weighted by molar-refractivity contribution is -0.131. The maximum absolute atomic E-state index is 14.0. The molecule has 0 bridgehead atoms. The second-order valence-electron chi connectivity index (χ2n) is 11.5. The number of methoxy groups -OCH3 is 1. The lowest BCUT2D eigenvalue weighted by Crippen LogP contribution is -2.37. The summed E-state index contributed by atoms with van der Waals surface area (Å²) in [5.74, 6) is 1.34. The van der Waals surface area contributed by atoms with Crippen molar-refractivity contribution in [1.29, 1.82) is 0 Å². The van der Waals surface area contributed by atoms with Crippen LogP contribution in [0, 0.1) is 34.6 Å². The molecule has 4 aromatic rings. The molecule has 0 N–H and O–H groups in total. The van der Waals surface area contributed by atoms with Crippen LogP contribution in [0.5, 0.6) is 11.5 Å².